The van der Waals surface area contributed by atoms with Gasteiger partial charge in [-0.2, -0.15) is 0 Å². The summed E-state index contributed by atoms with van der Waals surface area (Å²) >= 11 is 0. The van der Waals surface area contributed by atoms with Crippen molar-refractivity contribution < 1.29 is 17.9 Å². The molecule has 1 amide bonds. The Morgan fingerprint density at radius 3 is 2.50 bits per heavy atom. The van der Waals surface area contributed by atoms with Gasteiger partial charge in [-0.15, -0.1) is 0 Å². The molecule has 24 heavy (non-hydrogen) atoms. The highest BCUT2D eigenvalue weighted by Gasteiger charge is 2.30. The number of rotatable bonds is 7. The van der Waals surface area contributed by atoms with E-state index >= 15 is 0 Å². The lowest BCUT2D eigenvalue weighted by Gasteiger charge is -2.30. The smallest absolute Gasteiger partial charge is 0.227 e. The highest BCUT2D eigenvalue weighted by Crippen LogP contribution is 2.22. The van der Waals surface area contributed by atoms with Gasteiger partial charge in [0.1, 0.15) is 12.4 Å². The maximum atomic E-state index is 12.3. The molecule has 0 aromatic heterocycles. The summed E-state index contributed by atoms with van der Waals surface area (Å²) in [6, 6.07) is 7.14. The fourth-order valence-electron chi connectivity index (χ4n) is 2.61. The predicted octanol–water partition coefficient (Wildman–Crippen LogP) is 2.25. The highest BCUT2D eigenvalue weighted by atomic mass is 32.2. The second-order valence-electron chi connectivity index (χ2n) is 5.69. The first-order valence-corrected chi connectivity index (χ1v) is 9.69. The van der Waals surface area contributed by atoms with Crippen molar-refractivity contribution >= 4 is 21.6 Å². The number of anilines is 1. The van der Waals surface area contributed by atoms with Crippen molar-refractivity contribution in [3.05, 3.63) is 36.9 Å². The molecule has 1 fully saturated rings. The standard InChI is InChI=1S/C17H24N2O4S/c1-3-13-23-16-7-5-15(6-8-16)18-17(20)14-9-11-19(12-10-14)24(21,22)4-2/h3,5-8,14H,1,4,9-13H2,2H3,(H,18,20). The van der Waals surface area contributed by atoms with Crippen LogP contribution in [0.5, 0.6) is 5.75 Å². The summed E-state index contributed by atoms with van der Waals surface area (Å²) in [5.41, 5.74) is 0.703. The average Bonchev–Trinajstić information content (AvgIpc) is 2.61. The second kappa shape index (κ2) is 8.30. The second-order valence-corrected chi connectivity index (χ2v) is 7.94. The van der Waals surface area contributed by atoms with E-state index in [1.54, 1.807) is 37.3 Å². The number of benzene rings is 1. The zero-order valence-corrected chi connectivity index (χ0v) is 14.7. The van der Waals surface area contributed by atoms with E-state index in [0.717, 1.165) is 0 Å². The summed E-state index contributed by atoms with van der Waals surface area (Å²) in [6.07, 6.45) is 2.76. The molecule has 2 rings (SSSR count). The Hall–Kier alpha value is -1.86. The number of sulfonamides is 1. The number of hydrogen-bond donors (Lipinski definition) is 1. The first kappa shape index (κ1) is 18.5. The van der Waals surface area contributed by atoms with Gasteiger partial charge in [-0.25, -0.2) is 12.7 Å². The largest absolute Gasteiger partial charge is 0.490 e. The number of ether oxygens (including phenoxy) is 1. The number of carbonyl (C=O) groups excluding carboxylic acids is 1. The van der Waals surface area contributed by atoms with Gasteiger partial charge in [0.15, 0.2) is 0 Å². The van der Waals surface area contributed by atoms with Gasteiger partial charge < -0.3 is 10.1 Å². The van der Waals surface area contributed by atoms with Crippen LogP contribution < -0.4 is 10.1 Å². The summed E-state index contributed by atoms with van der Waals surface area (Å²) in [4.78, 5) is 12.3. The molecule has 0 atom stereocenters. The molecule has 6 nitrogen and oxygen atoms in total. The number of amides is 1. The molecule has 1 aromatic carbocycles. The zero-order valence-electron chi connectivity index (χ0n) is 13.9. The van der Waals surface area contributed by atoms with Crippen molar-refractivity contribution in [1.82, 2.24) is 4.31 Å². The van der Waals surface area contributed by atoms with Gasteiger partial charge in [0.2, 0.25) is 15.9 Å². The van der Waals surface area contributed by atoms with Gasteiger partial charge in [-0.1, -0.05) is 12.7 Å². The Morgan fingerprint density at radius 2 is 1.96 bits per heavy atom. The molecule has 1 saturated heterocycles. The summed E-state index contributed by atoms with van der Waals surface area (Å²) in [5.74, 6) is 0.587. The van der Waals surface area contributed by atoms with E-state index in [2.05, 4.69) is 11.9 Å². The maximum Gasteiger partial charge on any atom is 0.227 e. The van der Waals surface area contributed by atoms with Gasteiger partial charge in [0.25, 0.3) is 0 Å². The van der Waals surface area contributed by atoms with Gasteiger partial charge in [-0.3, -0.25) is 4.79 Å². The van der Waals surface area contributed by atoms with E-state index in [0.29, 0.717) is 44.0 Å². The molecule has 132 valence electrons. The molecular weight excluding hydrogens is 328 g/mol. The summed E-state index contributed by atoms with van der Waals surface area (Å²) in [6.45, 7) is 6.47. The van der Waals surface area contributed by atoms with Crippen LogP contribution in [-0.2, 0) is 14.8 Å². The van der Waals surface area contributed by atoms with Crippen LogP contribution in [0.1, 0.15) is 19.8 Å². The molecular formula is C17H24N2O4S. The van der Waals surface area contributed by atoms with E-state index in [1.165, 1.54) is 4.31 Å². The zero-order chi connectivity index (χ0) is 17.6. The van der Waals surface area contributed by atoms with Crippen molar-refractivity contribution in [2.24, 2.45) is 5.92 Å². The molecule has 0 spiro atoms. The van der Waals surface area contributed by atoms with Crippen molar-refractivity contribution in [1.29, 1.82) is 0 Å². The van der Waals surface area contributed by atoms with E-state index in [9.17, 15) is 13.2 Å². The van der Waals surface area contributed by atoms with Gasteiger partial charge in [0, 0.05) is 24.7 Å². The molecule has 1 aliphatic heterocycles. The number of piperidine rings is 1. The van der Waals surface area contributed by atoms with Gasteiger partial charge >= 0.3 is 0 Å². The molecule has 7 heteroatoms. The molecule has 0 unspecified atom stereocenters. The van der Waals surface area contributed by atoms with Crippen molar-refractivity contribution in [3.8, 4) is 5.75 Å². The summed E-state index contributed by atoms with van der Waals surface area (Å²) in [7, 11) is -3.16. The quantitative estimate of drug-likeness (QED) is 0.764. The third-order valence-corrected chi connectivity index (χ3v) is 5.95. The van der Waals surface area contributed by atoms with E-state index in [-0.39, 0.29) is 17.6 Å². The minimum atomic E-state index is -3.16. The van der Waals surface area contributed by atoms with Crippen LogP contribution in [0.2, 0.25) is 0 Å². The minimum absolute atomic E-state index is 0.0664. The van der Waals surface area contributed by atoms with Gasteiger partial charge in [0.05, 0.1) is 5.75 Å². The van der Waals surface area contributed by atoms with Crippen molar-refractivity contribution in [3.63, 3.8) is 0 Å². The fraction of sp³-hybridized carbons (Fsp3) is 0.471. The number of nitrogens with zero attached hydrogens (tertiary/aromatic N) is 1. The third kappa shape index (κ3) is 4.82. The Balaban J connectivity index is 1.86. The normalized spacial score (nSPS) is 16.5. The van der Waals surface area contributed by atoms with Crippen LogP contribution in [0.4, 0.5) is 5.69 Å². The van der Waals surface area contributed by atoms with E-state index < -0.39 is 10.0 Å². The molecule has 0 aliphatic carbocycles. The first-order chi connectivity index (χ1) is 11.5. The summed E-state index contributed by atoms with van der Waals surface area (Å²) in [5, 5.41) is 2.88. The number of hydrogen-bond acceptors (Lipinski definition) is 4. The highest BCUT2D eigenvalue weighted by molar-refractivity contribution is 7.89. The molecule has 0 saturated carbocycles. The third-order valence-electron chi connectivity index (χ3n) is 4.07. The predicted molar refractivity (Wildman–Crippen MR) is 94.5 cm³/mol. The van der Waals surface area contributed by atoms with E-state index in [4.69, 9.17) is 4.74 Å². The monoisotopic (exact) mass is 352 g/mol. The molecule has 1 aromatic rings. The Bertz CT molecular complexity index is 662. The lowest BCUT2D eigenvalue weighted by molar-refractivity contribution is -0.120. The topological polar surface area (TPSA) is 75.7 Å². The number of carbonyl (C=O) groups is 1. The Labute approximate surface area is 143 Å². The van der Waals surface area contributed by atoms with Crippen LogP contribution in [0.15, 0.2) is 36.9 Å². The molecule has 0 bridgehead atoms. The SMILES string of the molecule is C=CCOc1ccc(NC(=O)C2CCN(S(=O)(=O)CC)CC2)cc1. The Morgan fingerprint density at radius 1 is 1.33 bits per heavy atom. The van der Waals surface area contributed by atoms with Crippen LogP contribution in [0.25, 0.3) is 0 Å². The summed E-state index contributed by atoms with van der Waals surface area (Å²) < 4.78 is 30.5. The molecule has 0 radical (unpaired) electrons. The molecule has 1 aliphatic rings. The molecule has 1 heterocycles. The van der Waals surface area contributed by atoms with Crippen molar-refractivity contribution in [2.45, 2.75) is 19.8 Å². The number of nitrogens with one attached hydrogen (secondary N) is 1. The van der Waals surface area contributed by atoms with E-state index in [1.807, 2.05) is 0 Å². The Kier molecular flexibility index (Phi) is 6.39. The van der Waals surface area contributed by atoms with Crippen LogP contribution in [-0.4, -0.2) is 44.1 Å². The van der Waals surface area contributed by atoms with Crippen molar-refractivity contribution in [2.75, 3.05) is 30.8 Å². The van der Waals surface area contributed by atoms with Crippen LogP contribution >= 0.6 is 0 Å². The minimum Gasteiger partial charge on any atom is -0.490 e. The lowest BCUT2D eigenvalue weighted by atomic mass is 9.97. The first-order valence-electron chi connectivity index (χ1n) is 8.08. The fourth-order valence-corrected chi connectivity index (χ4v) is 3.75. The average molecular weight is 352 g/mol. The molecule has 1 N–H and O–H groups in total. The maximum absolute atomic E-state index is 12.3. The van der Waals surface area contributed by atoms with Crippen LogP contribution in [0, 0.1) is 5.92 Å². The van der Waals surface area contributed by atoms with Crippen LogP contribution in [0.3, 0.4) is 0 Å². The van der Waals surface area contributed by atoms with Gasteiger partial charge in [-0.05, 0) is 44.0 Å². The lowest BCUT2D eigenvalue weighted by Crippen LogP contribution is -2.42.